The lowest BCUT2D eigenvalue weighted by atomic mass is 10.1. The van der Waals surface area contributed by atoms with Crippen molar-refractivity contribution in [2.24, 2.45) is 0 Å². The van der Waals surface area contributed by atoms with E-state index in [0.29, 0.717) is 22.7 Å². The highest BCUT2D eigenvalue weighted by molar-refractivity contribution is 6.05. The van der Waals surface area contributed by atoms with Gasteiger partial charge < -0.3 is 19.4 Å². The van der Waals surface area contributed by atoms with Gasteiger partial charge in [-0.1, -0.05) is 0 Å². The lowest BCUT2D eigenvalue weighted by Gasteiger charge is -2.13. The van der Waals surface area contributed by atoms with Crippen molar-refractivity contribution in [2.75, 3.05) is 19.5 Å². The fourth-order valence-corrected chi connectivity index (χ4v) is 2.94. The van der Waals surface area contributed by atoms with E-state index in [1.54, 1.807) is 32.4 Å². The van der Waals surface area contributed by atoms with E-state index in [9.17, 15) is 4.79 Å². The first-order valence-corrected chi connectivity index (χ1v) is 8.32. The van der Waals surface area contributed by atoms with Crippen molar-refractivity contribution in [1.29, 1.82) is 0 Å². The predicted octanol–water partition coefficient (Wildman–Crippen LogP) is 4.36. The number of hydrogen-bond donors (Lipinski definition) is 1. The summed E-state index contributed by atoms with van der Waals surface area (Å²) in [6.45, 7) is 4.12. The van der Waals surface area contributed by atoms with Crippen LogP contribution in [0.3, 0.4) is 0 Å². The number of nitrogens with one attached hydrogen (secondary N) is 1. The summed E-state index contributed by atoms with van der Waals surface area (Å²) < 4.78 is 12.7. The van der Waals surface area contributed by atoms with Crippen LogP contribution >= 0.6 is 0 Å². The molecule has 5 heteroatoms. The number of aryl methyl sites for hydroxylation is 2. The highest BCUT2D eigenvalue weighted by atomic mass is 16.5. The molecule has 3 aromatic rings. The highest BCUT2D eigenvalue weighted by Gasteiger charge is 2.12. The maximum atomic E-state index is 12.6. The van der Waals surface area contributed by atoms with E-state index in [0.717, 1.165) is 17.1 Å². The van der Waals surface area contributed by atoms with Gasteiger partial charge in [0.1, 0.15) is 11.5 Å². The summed E-state index contributed by atoms with van der Waals surface area (Å²) in [6, 6.07) is 16.9. The Morgan fingerprint density at radius 1 is 0.885 bits per heavy atom. The zero-order valence-corrected chi connectivity index (χ0v) is 15.4. The molecule has 1 heterocycles. The number of aromatic nitrogens is 1. The van der Waals surface area contributed by atoms with Gasteiger partial charge >= 0.3 is 0 Å². The van der Waals surface area contributed by atoms with Gasteiger partial charge in [0.25, 0.3) is 5.91 Å². The van der Waals surface area contributed by atoms with Crippen LogP contribution in [0.15, 0.2) is 54.6 Å². The molecule has 1 N–H and O–H groups in total. The van der Waals surface area contributed by atoms with Crippen molar-refractivity contribution in [1.82, 2.24) is 4.57 Å². The maximum absolute atomic E-state index is 12.6. The third kappa shape index (κ3) is 3.42. The number of anilines is 1. The van der Waals surface area contributed by atoms with Gasteiger partial charge in [-0.25, -0.2) is 0 Å². The maximum Gasteiger partial charge on any atom is 0.255 e. The van der Waals surface area contributed by atoms with Gasteiger partial charge in [-0.2, -0.15) is 0 Å². The van der Waals surface area contributed by atoms with Crippen LogP contribution in [0.2, 0.25) is 0 Å². The number of benzene rings is 2. The molecule has 5 nitrogen and oxygen atoms in total. The fraction of sp³-hybridized carbons (Fsp3) is 0.190. The molecular weight excluding hydrogens is 328 g/mol. The average Bonchev–Trinajstić information content (AvgIpc) is 3.00. The van der Waals surface area contributed by atoms with Crippen molar-refractivity contribution in [3.8, 4) is 17.2 Å². The van der Waals surface area contributed by atoms with E-state index in [1.165, 1.54) is 0 Å². The molecule has 0 atom stereocenters. The molecule has 3 rings (SSSR count). The summed E-state index contributed by atoms with van der Waals surface area (Å²) >= 11 is 0. The molecule has 0 bridgehead atoms. The second-order valence-electron chi connectivity index (χ2n) is 6.02. The lowest BCUT2D eigenvalue weighted by Crippen LogP contribution is -2.13. The molecule has 0 fully saturated rings. The summed E-state index contributed by atoms with van der Waals surface area (Å²) in [5.41, 5.74) is 4.47. The Morgan fingerprint density at radius 2 is 1.54 bits per heavy atom. The van der Waals surface area contributed by atoms with E-state index in [4.69, 9.17) is 9.47 Å². The summed E-state index contributed by atoms with van der Waals surface area (Å²) in [7, 11) is 3.14. The molecule has 134 valence electrons. The smallest absolute Gasteiger partial charge is 0.255 e. The van der Waals surface area contributed by atoms with Crippen molar-refractivity contribution in [3.05, 3.63) is 71.5 Å². The first-order valence-electron chi connectivity index (χ1n) is 8.32. The number of nitrogens with zero attached hydrogens (tertiary/aromatic N) is 1. The Hall–Kier alpha value is -3.21. The molecule has 0 saturated heterocycles. The minimum atomic E-state index is -0.205. The summed E-state index contributed by atoms with van der Waals surface area (Å²) in [5, 5.41) is 2.88. The van der Waals surface area contributed by atoms with Gasteiger partial charge in [-0.3, -0.25) is 4.79 Å². The van der Waals surface area contributed by atoms with Crippen LogP contribution in [-0.2, 0) is 0 Å². The largest absolute Gasteiger partial charge is 0.497 e. The van der Waals surface area contributed by atoms with Crippen LogP contribution in [0.25, 0.3) is 5.69 Å². The molecule has 0 radical (unpaired) electrons. The molecule has 0 aliphatic heterocycles. The topological polar surface area (TPSA) is 52.5 Å². The third-order valence-electron chi connectivity index (χ3n) is 4.31. The molecular formula is C21H22N2O3. The number of methoxy groups -OCH3 is 2. The van der Waals surface area contributed by atoms with Crippen molar-refractivity contribution in [2.45, 2.75) is 13.8 Å². The first kappa shape index (κ1) is 17.6. The van der Waals surface area contributed by atoms with Gasteiger partial charge in [0.05, 0.1) is 19.9 Å². The van der Waals surface area contributed by atoms with E-state index >= 15 is 0 Å². The zero-order valence-electron chi connectivity index (χ0n) is 15.4. The summed E-state index contributed by atoms with van der Waals surface area (Å²) in [4.78, 5) is 12.6. The van der Waals surface area contributed by atoms with Gasteiger partial charge in [0, 0.05) is 28.7 Å². The number of amides is 1. The second-order valence-corrected chi connectivity index (χ2v) is 6.02. The Bertz CT molecular complexity index is 907. The monoisotopic (exact) mass is 350 g/mol. The van der Waals surface area contributed by atoms with E-state index < -0.39 is 0 Å². The zero-order chi connectivity index (χ0) is 18.7. The van der Waals surface area contributed by atoms with Crippen LogP contribution < -0.4 is 14.8 Å². The molecule has 0 unspecified atom stereocenters. The molecule has 0 aliphatic carbocycles. The second kappa shape index (κ2) is 7.35. The van der Waals surface area contributed by atoms with Crippen molar-refractivity contribution in [3.63, 3.8) is 0 Å². The van der Waals surface area contributed by atoms with Gasteiger partial charge in [-0.15, -0.1) is 0 Å². The van der Waals surface area contributed by atoms with Crippen molar-refractivity contribution < 1.29 is 14.3 Å². The fourth-order valence-electron chi connectivity index (χ4n) is 2.94. The summed E-state index contributed by atoms with van der Waals surface area (Å²) in [6.07, 6.45) is 0. The number of ether oxygens (including phenoxy) is 2. The summed E-state index contributed by atoms with van der Waals surface area (Å²) in [5.74, 6) is 1.02. The Kier molecular flexibility index (Phi) is 4.98. The molecule has 0 spiro atoms. The Labute approximate surface area is 153 Å². The normalized spacial score (nSPS) is 10.5. The molecule has 26 heavy (non-hydrogen) atoms. The standard InChI is InChI=1S/C21H22N2O3/c1-14-5-6-15(2)23(14)17-9-7-16(8-10-17)21(24)22-19-13-18(25-3)11-12-20(19)26-4/h5-13H,1-4H3,(H,22,24). The molecule has 2 aromatic carbocycles. The molecule has 1 amide bonds. The van der Waals surface area contributed by atoms with Gasteiger partial charge in [0.2, 0.25) is 0 Å². The van der Waals surface area contributed by atoms with E-state index in [1.807, 2.05) is 24.3 Å². The number of carbonyl (C=O) groups is 1. The lowest BCUT2D eigenvalue weighted by molar-refractivity contribution is 0.102. The van der Waals surface area contributed by atoms with Crippen LogP contribution in [0, 0.1) is 13.8 Å². The molecule has 0 saturated carbocycles. The highest BCUT2D eigenvalue weighted by Crippen LogP contribution is 2.29. The van der Waals surface area contributed by atoms with E-state index in [2.05, 4.69) is 35.9 Å². The van der Waals surface area contributed by atoms with Gasteiger partial charge in [-0.05, 0) is 62.4 Å². The molecule has 1 aromatic heterocycles. The average molecular weight is 350 g/mol. The minimum Gasteiger partial charge on any atom is -0.497 e. The molecule has 0 aliphatic rings. The predicted molar refractivity (Wildman–Crippen MR) is 103 cm³/mol. The number of hydrogen-bond acceptors (Lipinski definition) is 3. The van der Waals surface area contributed by atoms with Crippen LogP contribution in [-0.4, -0.2) is 24.7 Å². The van der Waals surface area contributed by atoms with Crippen LogP contribution in [0.5, 0.6) is 11.5 Å². The Balaban J connectivity index is 1.83. The van der Waals surface area contributed by atoms with Gasteiger partial charge in [0.15, 0.2) is 0 Å². The van der Waals surface area contributed by atoms with Crippen molar-refractivity contribution >= 4 is 11.6 Å². The number of rotatable bonds is 5. The Morgan fingerprint density at radius 3 is 2.12 bits per heavy atom. The van der Waals surface area contributed by atoms with Crippen LogP contribution in [0.4, 0.5) is 5.69 Å². The third-order valence-corrected chi connectivity index (χ3v) is 4.31. The number of carbonyl (C=O) groups excluding carboxylic acids is 1. The van der Waals surface area contributed by atoms with Crippen LogP contribution in [0.1, 0.15) is 21.7 Å². The SMILES string of the molecule is COc1ccc(OC)c(NC(=O)c2ccc(-n3c(C)ccc3C)cc2)c1. The van der Waals surface area contributed by atoms with E-state index in [-0.39, 0.29) is 5.91 Å². The quantitative estimate of drug-likeness (QED) is 0.744. The first-order chi connectivity index (χ1) is 12.5. The minimum absolute atomic E-state index is 0.205.